The summed E-state index contributed by atoms with van der Waals surface area (Å²) in [5, 5.41) is 30.6. The van der Waals surface area contributed by atoms with Crippen LogP contribution in [0.4, 0.5) is 0 Å². The minimum absolute atomic E-state index is 1.25. The molecule has 0 saturated heterocycles. The minimum Gasteiger partial charge on any atom is -0.0616 e. The Hall–Kier alpha value is -9.36. The molecule has 0 aromatic heterocycles. The average Bonchev–Trinajstić information content (AvgIpc) is 3.46. The highest BCUT2D eigenvalue weighted by Gasteiger charge is 2.28. The van der Waals surface area contributed by atoms with Gasteiger partial charge in [0.05, 0.1) is 0 Å². The van der Waals surface area contributed by atoms with E-state index in [2.05, 4.69) is 243 Å². The molecule has 0 fully saturated rings. The standard InChI is InChI=1S/C72H40/c1-9-25-49-41(17-1)42-18-2-10-26-50(42)58-34-66-65(33-57(49)58)67-35-59-51-27-11-3-19-43(51)44-20-5-13-29-53(44)61(59)37-69(67)71-39-63-55-31-15-7-23-47(55)48-24-8-16-32-56(48)64(63)40-72(71)70-38-62-54-30-14-6-22-46(54)45-21-4-12-28-52(45)60(62)36-68(66)70/h1-40H. The van der Waals surface area contributed by atoms with Gasteiger partial charge in [0.15, 0.2) is 0 Å². The van der Waals surface area contributed by atoms with Crippen LogP contribution in [0.25, 0.3) is 174 Å². The summed E-state index contributed by atoms with van der Waals surface area (Å²) in [6.45, 7) is 0. The Balaban J connectivity index is 1.16. The third kappa shape index (κ3) is 5.05. The van der Waals surface area contributed by atoms with Crippen LogP contribution in [0.1, 0.15) is 0 Å². The Bertz CT molecular complexity index is 4150. The van der Waals surface area contributed by atoms with Gasteiger partial charge >= 0.3 is 0 Å². The van der Waals surface area contributed by atoms with Crippen LogP contribution >= 0.6 is 0 Å². The molecule has 0 heteroatoms. The summed E-state index contributed by atoms with van der Waals surface area (Å²) < 4.78 is 0. The van der Waals surface area contributed by atoms with Crippen molar-refractivity contribution in [1.29, 1.82) is 0 Å². The second-order valence-electron chi connectivity index (χ2n) is 20.1. The van der Waals surface area contributed by atoms with E-state index < -0.39 is 0 Å². The number of benzene rings is 16. The highest BCUT2D eigenvalue weighted by atomic mass is 14.3. The van der Waals surface area contributed by atoms with Gasteiger partial charge in [-0.05, 0) is 222 Å². The summed E-state index contributed by atoms with van der Waals surface area (Å²) >= 11 is 0. The zero-order valence-corrected chi connectivity index (χ0v) is 39.1. The lowest BCUT2D eigenvalue weighted by molar-refractivity contribution is 1.59. The van der Waals surface area contributed by atoms with Crippen molar-refractivity contribution in [2.45, 2.75) is 0 Å². The average molecular weight is 905 g/mol. The van der Waals surface area contributed by atoms with Crippen LogP contribution in [0, 0.1) is 0 Å². The molecule has 0 heterocycles. The van der Waals surface area contributed by atoms with Gasteiger partial charge in [-0.1, -0.05) is 194 Å². The Morgan fingerprint density at radius 3 is 0.278 bits per heavy atom. The first-order valence-electron chi connectivity index (χ1n) is 25.2. The number of fused-ring (bicyclic) bond motifs is 32. The molecule has 0 radical (unpaired) electrons. The van der Waals surface area contributed by atoms with Crippen LogP contribution in [-0.4, -0.2) is 0 Å². The molecule has 328 valence electrons. The molecule has 17 rings (SSSR count). The van der Waals surface area contributed by atoms with E-state index in [9.17, 15) is 0 Å². The molecule has 0 N–H and O–H groups in total. The molecule has 0 spiro atoms. The van der Waals surface area contributed by atoms with E-state index in [-0.39, 0.29) is 0 Å². The van der Waals surface area contributed by atoms with Gasteiger partial charge in [0, 0.05) is 0 Å². The number of hydrogen-bond donors (Lipinski definition) is 0. The Labute approximate surface area is 414 Å². The first kappa shape index (κ1) is 38.5. The SMILES string of the molecule is c1ccc2c(c1)c1ccccc1c1cc3c(cc21)-c1cc2c4ccccc4c4ccccc4c2cc1-c1cc2c4ccccc4c4ccccc4c2cc1-c1cc2c4ccccc4c4ccccc4c2cc1-3. The summed E-state index contributed by atoms with van der Waals surface area (Å²) in [5.41, 5.74) is 9.98. The van der Waals surface area contributed by atoms with Crippen molar-refractivity contribution in [2.75, 3.05) is 0 Å². The van der Waals surface area contributed by atoms with E-state index in [1.54, 1.807) is 0 Å². The van der Waals surface area contributed by atoms with E-state index in [1.165, 1.54) is 174 Å². The van der Waals surface area contributed by atoms with E-state index in [4.69, 9.17) is 0 Å². The summed E-state index contributed by atoms with van der Waals surface area (Å²) in [7, 11) is 0. The monoisotopic (exact) mass is 904 g/mol. The van der Waals surface area contributed by atoms with Crippen LogP contribution in [0.2, 0.25) is 0 Å². The van der Waals surface area contributed by atoms with Gasteiger partial charge in [0.2, 0.25) is 0 Å². The fourth-order valence-electron chi connectivity index (χ4n) is 13.6. The van der Waals surface area contributed by atoms with Crippen molar-refractivity contribution < 1.29 is 0 Å². The molecule has 0 saturated carbocycles. The normalized spacial score (nSPS) is 12.4. The van der Waals surface area contributed by atoms with Crippen LogP contribution < -0.4 is 0 Å². The van der Waals surface area contributed by atoms with Crippen LogP contribution in [0.3, 0.4) is 0 Å². The molecule has 16 aromatic carbocycles. The molecule has 0 unspecified atom stereocenters. The predicted octanol–water partition coefficient (Wildman–Crippen LogP) is 20.5. The first-order chi connectivity index (χ1) is 35.7. The summed E-state index contributed by atoms with van der Waals surface area (Å²) in [6.07, 6.45) is 0. The van der Waals surface area contributed by atoms with E-state index in [1.807, 2.05) is 0 Å². The third-order valence-corrected chi connectivity index (χ3v) is 16.7. The first-order valence-corrected chi connectivity index (χ1v) is 25.2. The van der Waals surface area contributed by atoms with Gasteiger partial charge in [-0.2, -0.15) is 0 Å². The zero-order chi connectivity index (χ0) is 46.8. The fourth-order valence-corrected chi connectivity index (χ4v) is 13.6. The maximum absolute atomic E-state index is 2.56. The molecular formula is C72H40. The Morgan fingerprint density at radius 1 is 0.0972 bits per heavy atom. The van der Waals surface area contributed by atoms with Crippen LogP contribution in [-0.2, 0) is 0 Å². The molecule has 1 aliphatic rings. The molecule has 0 aliphatic heterocycles. The van der Waals surface area contributed by atoms with Gasteiger partial charge < -0.3 is 0 Å². The molecule has 1 aliphatic carbocycles. The topological polar surface area (TPSA) is 0 Å². The largest absolute Gasteiger partial charge is 0.0616 e. The number of rotatable bonds is 0. The highest BCUT2D eigenvalue weighted by Crippen LogP contribution is 2.55. The molecule has 0 atom stereocenters. The van der Waals surface area contributed by atoms with E-state index >= 15 is 0 Å². The minimum atomic E-state index is 1.25. The van der Waals surface area contributed by atoms with Crippen LogP contribution in [0.5, 0.6) is 0 Å². The molecule has 0 bridgehead atoms. The second-order valence-corrected chi connectivity index (χ2v) is 20.1. The van der Waals surface area contributed by atoms with Crippen molar-refractivity contribution >= 4 is 129 Å². The van der Waals surface area contributed by atoms with Crippen molar-refractivity contribution in [3.63, 3.8) is 0 Å². The van der Waals surface area contributed by atoms with Gasteiger partial charge in [0.25, 0.3) is 0 Å². The van der Waals surface area contributed by atoms with Gasteiger partial charge in [-0.15, -0.1) is 0 Å². The van der Waals surface area contributed by atoms with E-state index in [0.717, 1.165) is 0 Å². The smallest absolute Gasteiger partial charge is 0.00921 e. The van der Waals surface area contributed by atoms with E-state index in [0.29, 0.717) is 0 Å². The number of hydrogen-bond acceptors (Lipinski definition) is 0. The molecule has 0 nitrogen and oxygen atoms in total. The molecule has 16 aromatic rings. The van der Waals surface area contributed by atoms with Crippen molar-refractivity contribution in [1.82, 2.24) is 0 Å². The second kappa shape index (κ2) is 14.1. The highest BCUT2D eigenvalue weighted by molar-refractivity contribution is 6.33. The van der Waals surface area contributed by atoms with Crippen molar-refractivity contribution in [3.8, 4) is 44.5 Å². The third-order valence-electron chi connectivity index (χ3n) is 16.7. The molecule has 0 amide bonds. The summed E-state index contributed by atoms with van der Waals surface area (Å²) in [4.78, 5) is 0. The van der Waals surface area contributed by atoms with Gasteiger partial charge in [-0.25, -0.2) is 0 Å². The van der Waals surface area contributed by atoms with Gasteiger partial charge in [-0.3, -0.25) is 0 Å². The maximum atomic E-state index is 2.56. The quantitative estimate of drug-likeness (QED) is 0.133. The lowest BCUT2D eigenvalue weighted by Crippen LogP contribution is -2.00. The van der Waals surface area contributed by atoms with Crippen molar-refractivity contribution in [3.05, 3.63) is 243 Å². The van der Waals surface area contributed by atoms with Crippen molar-refractivity contribution in [2.24, 2.45) is 0 Å². The lowest BCUT2D eigenvalue weighted by atomic mass is 9.76. The summed E-state index contributed by atoms with van der Waals surface area (Å²) in [6, 6.07) is 92.7. The maximum Gasteiger partial charge on any atom is -0.00921 e. The Kier molecular flexibility index (Phi) is 7.55. The lowest BCUT2D eigenvalue weighted by Gasteiger charge is -2.27. The van der Waals surface area contributed by atoms with Crippen LogP contribution in [0.15, 0.2) is 243 Å². The van der Waals surface area contributed by atoms with Gasteiger partial charge in [0.1, 0.15) is 0 Å². The Morgan fingerprint density at radius 2 is 0.181 bits per heavy atom. The fraction of sp³-hybridized carbons (Fsp3) is 0. The molecule has 72 heavy (non-hydrogen) atoms. The predicted molar refractivity (Wildman–Crippen MR) is 312 cm³/mol. The molecular weight excluding hydrogens is 865 g/mol. The zero-order valence-electron chi connectivity index (χ0n) is 39.1. The summed E-state index contributed by atoms with van der Waals surface area (Å²) in [5.74, 6) is 0.